The van der Waals surface area contributed by atoms with Gasteiger partial charge in [-0.25, -0.2) is 0 Å². The molecule has 2 atom stereocenters. The van der Waals surface area contributed by atoms with Crippen LogP contribution in [0.5, 0.6) is 5.75 Å². The smallest absolute Gasteiger partial charge is 0.245 e. The molecule has 2 fully saturated rings. The number of ether oxygens (including phenoxy) is 1. The molecule has 6 nitrogen and oxygen atoms in total. The van der Waals surface area contributed by atoms with E-state index in [2.05, 4.69) is 33.0 Å². The average molecular weight is 478 g/mol. The van der Waals surface area contributed by atoms with Crippen molar-refractivity contribution in [1.29, 1.82) is 0 Å². The number of rotatable bonds is 9. The summed E-state index contributed by atoms with van der Waals surface area (Å²) in [5.74, 6) is 2.21. The molecule has 0 spiro atoms. The fourth-order valence-corrected chi connectivity index (χ4v) is 4.93. The van der Waals surface area contributed by atoms with E-state index in [4.69, 9.17) is 16.3 Å². The first-order valence-corrected chi connectivity index (χ1v) is 12.8. The Labute approximate surface area is 204 Å². The molecule has 0 radical (unpaired) electrons. The molecule has 1 unspecified atom stereocenters. The molecule has 2 saturated heterocycles. The number of carbonyl (C=O) groups excluding carboxylic acids is 2. The highest BCUT2D eigenvalue weighted by Crippen LogP contribution is 2.24. The third kappa shape index (κ3) is 7.35. The number of piperazine rings is 1. The van der Waals surface area contributed by atoms with Gasteiger partial charge in [-0.05, 0) is 67.7 Å². The molecule has 0 aromatic heterocycles. The average Bonchev–Trinajstić information content (AvgIpc) is 2.78. The van der Waals surface area contributed by atoms with Crippen molar-refractivity contribution >= 4 is 23.4 Å². The van der Waals surface area contributed by atoms with E-state index in [1.165, 1.54) is 0 Å². The first-order valence-electron chi connectivity index (χ1n) is 12.5. The van der Waals surface area contributed by atoms with Gasteiger partial charge in [0.05, 0.1) is 12.6 Å². The Balaban J connectivity index is 1.57. The minimum absolute atomic E-state index is 0.0835. The SMILES string of the molecule is CC(C)CC(C(=O)N1CCC(COc2ccc(Cl)cc2)CC1)N1CCN[C@@H](CC(C)C)C1=O. The van der Waals surface area contributed by atoms with E-state index < -0.39 is 0 Å². The zero-order valence-corrected chi connectivity index (χ0v) is 21.3. The molecule has 3 rings (SSSR count). The summed E-state index contributed by atoms with van der Waals surface area (Å²) < 4.78 is 5.93. The summed E-state index contributed by atoms with van der Waals surface area (Å²) in [6.45, 7) is 11.9. The van der Waals surface area contributed by atoms with Crippen molar-refractivity contribution in [3.8, 4) is 5.75 Å². The van der Waals surface area contributed by atoms with Crippen LogP contribution in [0, 0.1) is 17.8 Å². The zero-order valence-electron chi connectivity index (χ0n) is 20.6. The second-order valence-electron chi connectivity index (χ2n) is 10.3. The van der Waals surface area contributed by atoms with Crippen LogP contribution in [0.15, 0.2) is 24.3 Å². The molecule has 0 saturated carbocycles. The quantitative estimate of drug-likeness (QED) is 0.578. The highest BCUT2D eigenvalue weighted by molar-refractivity contribution is 6.30. The predicted molar refractivity (Wildman–Crippen MR) is 132 cm³/mol. The van der Waals surface area contributed by atoms with Crippen LogP contribution in [0.1, 0.15) is 53.4 Å². The molecular formula is C26H40ClN3O3. The summed E-state index contributed by atoms with van der Waals surface area (Å²) in [5.41, 5.74) is 0. The van der Waals surface area contributed by atoms with Crippen LogP contribution < -0.4 is 10.1 Å². The largest absolute Gasteiger partial charge is 0.493 e. The van der Waals surface area contributed by atoms with Gasteiger partial charge in [0.1, 0.15) is 11.8 Å². The third-order valence-electron chi connectivity index (χ3n) is 6.61. The lowest BCUT2D eigenvalue weighted by Gasteiger charge is -2.42. The van der Waals surface area contributed by atoms with Crippen molar-refractivity contribution in [2.24, 2.45) is 17.8 Å². The molecule has 2 heterocycles. The monoisotopic (exact) mass is 477 g/mol. The van der Waals surface area contributed by atoms with E-state index in [9.17, 15) is 9.59 Å². The van der Waals surface area contributed by atoms with Crippen LogP contribution in [0.25, 0.3) is 0 Å². The molecule has 2 aliphatic heterocycles. The molecule has 184 valence electrons. The van der Waals surface area contributed by atoms with Gasteiger partial charge in [-0.2, -0.15) is 0 Å². The standard InChI is InChI=1S/C26H40ClN3O3/c1-18(2)15-23-25(31)30(14-11-28-23)24(16-19(3)4)26(32)29-12-9-20(10-13-29)17-33-22-7-5-21(27)6-8-22/h5-8,18-20,23-24,28H,9-17H2,1-4H3/t23-,24?/m0/s1. The van der Waals surface area contributed by atoms with Crippen molar-refractivity contribution in [3.63, 3.8) is 0 Å². The predicted octanol–water partition coefficient (Wildman–Crippen LogP) is 4.22. The second-order valence-corrected chi connectivity index (χ2v) is 10.8. The van der Waals surface area contributed by atoms with Crippen LogP contribution in [0.3, 0.4) is 0 Å². The highest BCUT2D eigenvalue weighted by atomic mass is 35.5. The summed E-state index contributed by atoms with van der Waals surface area (Å²) >= 11 is 5.94. The lowest BCUT2D eigenvalue weighted by molar-refractivity contribution is -0.150. The van der Waals surface area contributed by atoms with Crippen molar-refractivity contribution in [2.45, 2.75) is 65.5 Å². The Kier molecular flexibility index (Phi) is 9.45. The van der Waals surface area contributed by atoms with E-state index in [1.54, 1.807) is 0 Å². The van der Waals surface area contributed by atoms with Crippen LogP contribution in [0.2, 0.25) is 5.02 Å². The van der Waals surface area contributed by atoms with Gasteiger partial charge in [0.2, 0.25) is 11.8 Å². The number of nitrogens with one attached hydrogen (secondary N) is 1. The van der Waals surface area contributed by atoms with Crippen LogP contribution >= 0.6 is 11.6 Å². The Morgan fingerprint density at radius 2 is 1.76 bits per heavy atom. The molecule has 2 amide bonds. The Hall–Kier alpha value is -1.79. The topological polar surface area (TPSA) is 61.9 Å². The number of likely N-dealkylation sites (tertiary alicyclic amines) is 1. The minimum atomic E-state index is -0.365. The third-order valence-corrected chi connectivity index (χ3v) is 6.87. The second kappa shape index (κ2) is 12.1. The van der Waals surface area contributed by atoms with Gasteiger partial charge >= 0.3 is 0 Å². The molecule has 0 aliphatic carbocycles. The Bertz CT molecular complexity index is 775. The maximum Gasteiger partial charge on any atom is 0.245 e. The Morgan fingerprint density at radius 3 is 2.36 bits per heavy atom. The van der Waals surface area contributed by atoms with E-state index in [1.807, 2.05) is 34.1 Å². The van der Waals surface area contributed by atoms with E-state index in [0.29, 0.717) is 42.3 Å². The van der Waals surface area contributed by atoms with Gasteiger partial charge in [0.25, 0.3) is 0 Å². The van der Waals surface area contributed by atoms with Gasteiger partial charge in [-0.1, -0.05) is 39.3 Å². The molecule has 1 aromatic carbocycles. The van der Waals surface area contributed by atoms with Crippen molar-refractivity contribution < 1.29 is 14.3 Å². The summed E-state index contributed by atoms with van der Waals surface area (Å²) in [4.78, 5) is 30.7. The van der Waals surface area contributed by atoms with Crippen molar-refractivity contribution in [1.82, 2.24) is 15.1 Å². The van der Waals surface area contributed by atoms with Crippen molar-refractivity contribution in [3.05, 3.63) is 29.3 Å². The number of piperidine rings is 1. The molecule has 2 aliphatic rings. The zero-order chi connectivity index (χ0) is 24.0. The number of nitrogens with zero attached hydrogens (tertiary/aromatic N) is 2. The van der Waals surface area contributed by atoms with Gasteiger partial charge in [-0.3, -0.25) is 9.59 Å². The summed E-state index contributed by atoms with van der Waals surface area (Å²) in [6.07, 6.45) is 3.34. The van der Waals surface area contributed by atoms with E-state index in [-0.39, 0.29) is 23.9 Å². The minimum Gasteiger partial charge on any atom is -0.493 e. The molecule has 0 bridgehead atoms. The number of hydrogen-bond donors (Lipinski definition) is 1. The first-order chi connectivity index (χ1) is 15.7. The van der Waals surface area contributed by atoms with Gasteiger partial charge in [0, 0.05) is 31.2 Å². The van der Waals surface area contributed by atoms with Gasteiger partial charge < -0.3 is 19.9 Å². The maximum atomic E-state index is 13.6. The molecule has 7 heteroatoms. The highest BCUT2D eigenvalue weighted by Gasteiger charge is 2.39. The van der Waals surface area contributed by atoms with E-state index >= 15 is 0 Å². The molecule has 1 N–H and O–H groups in total. The van der Waals surface area contributed by atoms with E-state index in [0.717, 1.165) is 44.6 Å². The number of hydrogen-bond acceptors (Lipinski definition) is 4. The molecule has 33 heavy (non-hydrogen) atoms. The van der Waals surface area contributed by atoms with Gasteiger partial charge in [0.15, 0.2) is 0 Å². The summed E-state index contributed by atoms with van der Waals surface area (Å²) in [6, 6.07) is 6.88. The summed E-state index contributed by atoms with van der Waals surface area (Å²) in [7, 11) is 0. The first kappa shape index (κ1) is 25.8. The van der Waals surface area contributed by atoms with Crippen LogP contribution in [0.4, 0.5) is 0 Å². The van der Waals surface area contributed by atoms with Crippen molar-refractivity contribution in [2.75, 3.05) is 32.8 Å². The lowest BCUT2D eigenvalue weighted by atomic mass is 9.94. The number of carbonyl (C=O) groups is 2. The van der Waals surface area contributed by atoms with Gasteiger partial charge in [-0.15, -0.1) is 0 Å². The molecule has 1 aromatic rings. The maximum absolute atomic E-state index is 13.6. The van der Waals surface area contributed by atoms with Crippen LogP contribution in [-0.4, -0.2) is 66.5 Å². The fraction of sp³-hybridized carbons (Fsp3) is 0.692. The number of amides is 2. The number of halogens is 1. The summed E-state index contributed by atoms with van der Waals surface area (Å²) in [5, 5.41) is 4.05. The molecular weight excluding hydrogens is 438 g/mol. The lowest BCUT2D eigenvalue weighted by Crippen LogP contribution is -2.62. The van der Waals surface area contributed by atoms with Crippen LogP contribution in [-0.2, 0) is 9.59 Å². The number of benzene rings is 1. The normalized spacial score (nSPS) is 21.1. The Morgan fingerprint density at radius 1 is 1.09 bits per heavy atom. The fourth-order valence-electron chi connectivity index (χ4n) is 4.81.